The molecule has 0 atom stereocenters. The first-order valence-corrected chi connectivity index (χ1v) is 2.09. The van der Waals surface area contributed by atoms with Crippen LogP contribution >= 0.6 is 0 Å². The van der Waals surface area contributed by atoms with E-state index < -0.39 is 0 Å². The highest BCUT2D eigenvalue weighted by atomic mass is 16.7. The predicted octanol–water partition coefficient (Wildman–Crippen LogP) is 0.659. The predicted molar refractivity (Wildman–Crippen MR) is 24.6 cm³/mol. The minimum atomic E-state index is 0.431. The van der Waals surface area contributed by atoms with Crippen molar-refractivity contribution in [2.75, 3.05) is 13.2 Å². The van der Waals surface area contributed by atoms with Crippen molar-refractivity contribution in [3.8, 4) is 0 Å². The maximum atomic E-state index is 4.82. The Morgan fingerprint density at radius 1 is 1.43 bits per heavy atom. The van der Waals surface area contributed by atoms with Gasteiger partial charge in [0.2, 0.25) is 0 Å². The van der Waals surface area contributed by atoms with Crippen molar-refractivity contribution in [3.63, 3.8) is 0 Å². The topological polar surface area (TPSA) is 18.5 Å². The van der Waals surface area contributed by atoms with Gasteiger partial charge in [0.1, 0.15) is 13.2 Å². The van der Waals surface area contributed by atoms with Crippen molar-refractivity contribution in [1.82, 2.24) is 0 Å². The molecule has 0 amide bonds. The second-order valence-corrected chi connectivity index (χ2v) is 1.16. The maximum absolute atomic E-state index is 4.82. The molecule has 0 aromatic heterocycles. The lowest BCUT2D eigenvalue weighted by Crippen LogP contribution is -1.79. The van der Waals surface area contributed by atoms with E-state index >= 15 is 0 Å². The molecule has 0 radical (unpaired) electrons. The van der Waals surface area contributed by atoms with Crippen LogP contribution < -0.4 is 0 Å². The number of hydrogen-bond acceptors (Lipinski definition) is 2. The molecule has 1 rings (SSSR count). The number of hydrogen-bond donors (Lipinski definition) is 0. The van der Waals surface area contributed by atoms with Gasteiger partial charge in [-0.1, -0.05) is 0 Å². The van der Waals surface area contributed by atoms with Gasteiger partial charge in [0.05, 0.1) is 0 Å². The van der Waals surface area contributed by atoms with E-state index in [0.717, 1.165) is 0 Å². The standard InChI is InChI=1S/C5H6O2/c1-2-5-6-3-4-7-5/h1,3-4H2. The van der Waals surface area contributed by atoms with Crippen LogP contribution in [0.3, 0.4) is 0 Å². The zero-order valence-corrected chi connectivity index (χ0v) is 3.94. The van der Waals surface area contributed by atoms with Crippen molar-refractivity contribution >= 4 is 0 Å². The Balaban J connectivity index is 2.57. The van der Waals surface area contributed by atoms with Crippen LogP contribution in [0.25, 0.3) is 0 Å². The number of ether oxygens (including phenoxy) is 2. The largest absolute Gasteiger partial charge is 0.456 e. The highest BCUT2D eigenvalue weighted by Crippen LogP contribution is 2.03. The van der Waals surface area contributed by atoms with Crippen LogP contribution in [0.4, 0.5) is 0 Å². The molecule has 0 bridgehead atoms. The monoisotopic (exact) mass is 98.0 g/mol. The van der Waals surface area contributed by atoms with Gasteiger partial charge in [-0.15, -0.1) is 0 Å². The molecule has 1 heterocycles. The fraction of sp³-hybridized carbons (Fsp3) is 0.400. The third-order valence-electron chi connectivity index (χ3n) is 0.694. The summed E-state index contributed by atoms with van der Waals surface area (Å²) in [5.41, 5.74) is 2.49. The summed E-state index contributed by atoms with van der Waals surface area (Å²) in [6.45, 7) is 4.60. The summed E-state index contributed by atoms with van der Waals surface area (Å²) in [6.07, 6.45) is 0. The second kappa shape index (κ2) is 1.71. The molecule has 0 aromatic carbocycles. The van der Waals surface area contributed by atoms with Crippen molar-refractivity contribution in [2.45, 2.75) is 0 Å². The molecule has 38 valence electrons. The van der Waals surface area contributed by atoms with Gasteiger partial charge in [0.15, 0.2) is 0 Å². The fourth-order valence-electron chi connectivity index (χ4n) is 0.412. The molecule has 1 aliphatic heterocycles. The molecule has 2 heteroatoms. The van der Waals surface area contributed by atoms with E-state index in [9.17, 15) is 0 Å². The van der Waals surface area contributed by atoms with Gasteiger partial charge in [0, 0.05) is 0 Å². The maximum Gasteiger partial charge on any atom is 0.327 e. The fourth-order valence-corrected chi connectivity index (χ4v) is 0.412. The summed E-state index contributed by atoms with van der Waals surface area (Å²) >= 11 is 0. The van der Waals surface area contributed by atoms with Gasteiger partial charge in [-0.3, -0.25) is 0 Å². The lowest BCUT2D eigenvalue weighted by molar-refractivity contribution is 0.177. The molecule has 0 aromatic rings. The third-order valence-corrected chi connectivity index (χ3v) is 0.694. The lowest BCUT2D eigenvalue weighted by atomic mass is 10.8. The summed E-state index contributed by atoms with van der Waals surface area (Å²) in [5, 5.41) is 0. The zero-order valence-electron chi connectivity index (χ0n) is 3.94. The molecule has 0 saturated carbocycles. The highest BCUT2D eigenvalue weighted by molar-refractivity contribution is 4.80. The Morgan fingerprint density at radius 3 is 2.29 bits per heavy atom. The van der Waals surface area contributed by atoms with Crippen LogP contribution in [0.5, 0.6) is 0 Å². The Bertz CT molecular complexity index is 103. The molecule has 0 spiro atoms. The molecule has 1 fully saturated rings. The van der Waals surface area contributed by atoms with E-state index in [1.807, 2.05) is 0 Å². The molecule has 0 aliphatic carbocycles. The van der Waals surface area contributed by atoms with Crippen LogP contribution in [-0.2, 0) is 9.47 Å². The van der Waals surface area contributed by atoms with E-state index in [1.54, 1.807) is 0 Å². The molecular weight excluding hydrogens is 92.1 g/mol. The summed E-state index contributed by atoms with van der Waals surface area (Å²) in [5.74, 6) is 0.431. The first kappa shape index (κ1) is 4.28. The highest BCUT2D eigenvalue weighted by Gasteiger charge is 2.04. The van der Waals surface area contributed by atoms with Crippen LogP contribution in [0.1, 0.15) is 0 Å². The van der Waals surface area contributed by atoms with Crippen molar-refractivity contribution < 1.29 is 9.47 Å². The normalized spacial score (nSPS) is 17.4. The summed E-state index contributed by atoms with van der Waals surface area (Å²) in [7, 11) is 0. The van der Waals surface area contributed by atoms with E-state index in [-0.39, 0.29) is 0 Å². The summed E-state index contributed by atoms with van der Waals surface area (Å²) in [6, 6.07) is 0. The quantitative estimate of drug-likeness (QED) is 0.414. The lowest BCUT2D eigenvalue weighted by Gasteiger charge is -1.86. The van der Waals surface area contributed by atoms with Crippen molar-refractivity contribution in [1.29, 1.82) is 0 Å². The summed E-state index contributed by atoms with van der Waals surface area (Å²) < 4.78 is 9.65. The minimum Gasteiger partial charge on any atom is -0.456 e. The Morgan fingerprint density at radius 2 is 2.00 bits per heavy atom. The van der Waals surface area contributed by atoms with E-state index in [1.165, 1.54) is 0 Å². The Hall–Kier alpha value is -0.880. The van der Waals surface area contributed by atoms with E-state index in [4.69, 9.17) is 9.47 Å². The molecule has 0 N–H and O–H groups in total. The Labute approximate surface area is 42.0 Å². The van der Waals surface area contributed by atoms with Gasteiger partial charge in [-0.2, -0.15) is 0 Å². The van der Waals surface area contributed by atoms with Gasteiger partial charge < -0.3 is 9.47 Å². The van der Waals surface area contributed by atoms with Crippen molar-refractivity contribution in [3.05, 3.63) is 18.3 Å². The molecule has 0 unspecified atom stereocenters. The van der Waals surface area contributed by atoms with E-state index in [2.05, 4.69) is 12.3 Å². The summed E-state index contributed by atoms with van der Waals surface area (Å²) in [4.78, 5) is 0. The first-order chi connectivity index (χ1) is 3.43. The van der Waals surface area contributed by atoms with Gasteiger partial charge in [0.25, 0.3) is 0 Å². The number of rotatable bonds is 0. The van der Waals surface area contributed by atoms with Crippen molar-refractivity contribution in [2.24, 2.45) is 0 Å². The van der Waals surface area contributed by atoms with E-state index in [0.29, 0.717) is 19.2 Å². The molecular formula is C5H6O2. The molecule has 1 saturated heterocycles. The minimum absolute atomic E-state index is 0.431. The van der Waals surface area contributed by atoms with Gasteiger partial charge in [-0.25, -0.2) is 0 Å². The first-order valence-electron chi connectivity index (χ1n) is 2.09. The third kappa shape index (κ3) is 0.756. The average molecular weight is 98.1 g/mol. The van der Waals surface area contributed by atoms with Crippen LogP contribution in [-0.4, -0.2) is 13.2 Å². The SMILES string of the molecule is C=C=C1OCCO1. The Kier molecular flexibility index (Phi) is 1.05. The molecule has 1 aliphatic rings. The van der Waals surface area contributed by atoms with Crippen LogP contribution in [0.15, 0.2) is 18.3 Å². The van der Waals surface area contributed by atoms with Gasteiger partial charge in [-0.05, 0) is 12.3 Å². The zero-order chi connectivity index (χ0) is 5.11. The van der Waals surface area contributed by atoms with Gasteiger partial charge >= 0.3 is 5.95 Å². The van der Waals surface area contributed by atoms with Crippen LogP contribution in [0.2, 0.25) is 0 Å². The second-order valence-electron chi connectivity index (χ2n) is 1.16. The van der Waals surface area contributed by atoms with Crippen LogP contribution in [0, 0.1) is 0 Å². The smallest absolute Gasteiger partial charge is 0.327 e. The average Bonchev–Trinajstić information content (AvgIpc) is 2.14. The molecule has 7 heavy (non-hydrogen) atoms. The molecule has 2 nitrogen and oxygen atoms in total.